The van der Waals surface area contributed by atoms with Crippen LogP contribution in [0.25, 0.3) is 0 Å². The summed E-state index contributed by atoms with van der Waals surface area (Å²) in [4.78, 5) is 34.3. The van der Waals surface area contributed by atoms with Crippen LogP contribution in [0.2, 0.25) is 0 Å². The number of hydrogen-bond donors (Lipinski definition) is 5. The summed E-state index contributed by atoms with van der Waals surface area (Å²) in [7, 11) is 4.58. The molecule has 25 heteroatoms. The van der Waals surface area contributed by atoms with Gasteiger partial charge in [-0.15, -0.1) is 9.50 Å². The molecule has 24 nitrogen and oxygen atoms in total. The van der Waals surface area contributed by atoms with Crippen molar-refractivity contribution in [3.05, 3.63) is 36.2 Å². The number of hydrogen-bond acceptors (Lipinski definition) is 20. The lowest BCUT2D eigenvalue weighted by Gasteiger charge is -2.49. The smallest absolute Gasteiger partial charge is 0.414 e. The van der Waals surface area contributed by atoms with Gasteiger partial charge >= 0.3 is 12.1 Å². The first-order valence-corrected chi connectivity index (χ1v) is 29.0. The van der Waals surface area contributed by atoms with Gasteiger partial charge in [0.05, 0.1) is 65.2 Å². The molecule has 1 aromatic carbocycles. The Balaban J connectivity index is 1.19. The van der Waals surface area contributed by atoms with Crippen LogP contribution >= 0.6 is 0 Å². The van der Waals surface area contributed by atoms with E-state index < -0.39 is 130 Å². The van der Waals surface area contributed by atoms with Crippen LogP contribution in [0.15, 0.2) is 39.8 Å². The van der Waals surface area contributed by atoms with E-state index in [-0.39, 0.29) is 43.2 Å². The van der Waals surface area contributed by atoms with Crippen molar-refractivity contribution in [3.63, 3.8) is 0 Å². The van der Waals surface area contributed by atoms with Crippen LogP contribution in [-0.4, -0.2) is 233 Å². The second-order valence-electron chi connectivity index (χ2n) is 23.6. The number of aliphatic hydroxyl groups excluding tert-OH is 3. The zero-order valence-electron chi connectivity index (χ0n) is 48.8. The summed E-state index contributed by atoms with van der Waals surface area (Å²) >= 11 is 0. The van der Waals surface area contributed by atoms with Crippen LogP contribution in [0.1, 0.15) is 101 Å². The molecular formula is C54H90N8O16S. The van der Waals surface area contributed by atoms with E-state index >= 15 is 0 Å². The van der Waals surface area contributed by atoms with Crippen molar-refractivity contribution < 1.29 is 76.7 Å². The molecule has 1 amide bonds. The number of carbonyl (C=O) groups excluding carboxylic acids is 2. The highest BCUT2D eigenvalue weighted by Crippen LogP contribution is 2.40. The average molecular weight is 1140 g/mol. The topological polar surface area (TPSA) is 290 Å². The van der Waals surface area contributed by atoms with Gasteiger partial charge in [0.15, 0.2) is 12.6 Å². The summed E-state index contributed by atoms with van der Waals surface area (Å²) in [5, 5.41) is 68.5. The summed E-state index contributed by atoms with van der Waals surface area (Å²) in [6.45, 7) is 18.6. The fourth-order valence-corrected chi connectivity index (χ4v) is 12.6. The summed E-state index contributed by atoms with van der Waals surface area (Å²) < 4.78 is 74.4. The predicted molar refractivity (Wildman–Crippen MR) is 290 cm³/mol. The van der Waals surface area contributed by atoms with E-state index in [2.05, 4.69) is 14.7 Å². The maximum atomic E-state index is 14.5. The summed E-state index contributed by atoms with van der Waals surface area (Å²) in [5.41, 5.74) is -3.51. The molecule has 0 unspecified atom stereocenters. The Kier molecular flexibility index (Phi) is 21.2. The van der Waals surface area contributed by atoms with E-state index in [0.29, 0.717) is 37.3 Å². The number of methoxy groups -OCH3 is 1. The molecule has 4 fully saturated rings. The summed E-state index contributed by atoms with van der Waals surface area (Å²) in [6, 6.07) is 4.73. The zero-order valence-corrected chi connectivity index (χ0v) is 49.6. The standard InChI is InChI=1S/C54H90N8O16S/c1-16-42-54(10,69)46(64)35(6)60(14)26-31(2)24-52(8,68)48(33(4)45(34(5)49(66)76-42)77-43-25-53(9,72-15)47(65)36(7)74-43)78-50-44(63)41(23-32(3)73-50)59(13)22-21-37-27-61(57-56-37)28-39-29-62(51(67)75-39)38-17-19-40(20-18-38)79(70,71)55-30-58(11)12/h17-20,27,30-36,39,41-48,50,63-65,68-69H,16,21-26,28-29H2,1-15H3/b55-30+/t31-,32-,33+,34-,35-,36+,39+,41+,42-,43+,44-,45+,46-,47+,48-,50+,52-,53-,54-/m1/s1. The highest BCUT2D eigenvalue weighted by Gasteiger charge is 2.53. The monoisotopic (exact) mass is 1140 g/mol. The molecule has 4 aliphatic rings. The molecule has 79 heavy (non-hydrogen) atoms. The molecule has 0 radical (unpaired) electrons. The van der Waals surface area contributed by atoms with E-state index in [1.165, 1.54) is 54.4 Å². The number of rotatable bonds is 16. The quantitative estimate of drug-likeness (QED) is 0.0916. The summed E-state index contributed by atoms with van der Waals surface area (Å²) in [6.07, 6.45) is -7.34. The molecule has 5 heterocycles. The van der Waals surface area contributed by atoms with Gasteiger partial charge in [0.2, 0.25) is 0 Å². The first kappa shape index (κ1) is 64.2. The van der Waals surface area contributed by atoms with Crippen molar-refractivity contribution in [3.8, 4) is 0 Å². The lowest BCUT2D eigenvalue weighted by molar-refractivity contribution is -0.318. The molecule has 6 rings (SSSR count). The second-order valence-corrected chi connectivity index (χ2v) is 25.3. The molecule has 4 aliphatic heterocycles. The number of aliphatic hydroxyl groups is 5. The highest BCUT2D eigenvalue weighted by molar-refractivity contribution is 7.90. The third-order valence-corrected chi connectivity index (χ3v) is 17.8. The van der Waals surface area contributed by atoms with Crippen LogP contribution in [0, 0.1) is 17.8 Å². The van der Waals surface area contributed by atoms with Crippen molar-refractivity contribution in [2.24, 2.45) is 22.2 Å². The van der Waals surface area contributed by atoms with E-state index in [1.54, 1.807) is 73.4 Å². The molecule has 448 valence electrons. The number of esters is 1. The molecule has 0 aliphatic carbocycles. The molecule has 4 saturated heterocycles. The number of anilines is 1. The number of ether oxygens (including phenoxy) is 7. The van der Waals surface area contributed by atoms with Gasteiger partial charge in [-0.2, -0.15) is 8.42 Å². The van der Waals surface area contributed by atoms with E-state index in [1.807, 2.05) is 37.7 Å². The Morgan fingerprint density at radius 2 is 1.59 bits per heavy atom. The zero-order chi connectivity index (χ0) is 58.7. The molecule has 0 saturated carbocycles. The van der Waals surface area contributed by atoms with Crippen LogP contribution in [0.5, 0.6) is 0 Å². The first-order valence-electron chi connectivity index (χ1n) is 27.5. The average Bonchev–Trinajstić information content (AvgIpc) is 4.01. The maximum Gasteiger partial charge on any atom is 0.414 e. The molecule has 19 atom stereocenters. The third-order valence-electron chi connectivity index (χ3n) is 16.5. The first-order chi connectivity index (χ1) is 36.8. The van der Waals surface area contributed by atoms with Gasteiger partial charge in [-0.1, -0.05) is 26.0 Å². The number of cyclic esters (lactones) is 2. The minimum atomic E-state index is -3.93. The predicted octanol–water partition coefficient (Wildman–Crippen LogP) is 2.41. The lowest BCUT2D eigenvalue weighted by atomic mass is 9.77. The highest BCUT2D eigenvalue weighted by atomic mass is 32.2. The maximum absolute atomic E-state index is 14.5. The van der Waals surface area contributed by atoms with Crippen LogP contribution in [-0.2, 0) is 60.9 Å². The number of aromatic nitrogens is 3. The Labute approximate surface area is 466 Å². The Hall–Kier alpha value is -3.96. The molecule has 2 aromatic rings. The molecule has 0 bridgehead atoms. The van der Waals surface area contributed by atoms with Gasteiger partial charge in [0.1, 0.15) is 42.5 Å². The van der Waals surface area contributed by atoms with E-state index in [9.17, 15) is 43.5 Å². The Morgan fingerprint density at radius 1 is 0.924 bits per heavy atom. The normalized spacial score (nSPS) is 38.9. The number of likely N-dealkylation sites (N-methyl/N-ethyl adjacent to an activating group) is 2. The third kappa shape index (κ3) is 15.2. The molecule has 5 N–H and O–H groups in total. The Bertz CT molecular complexity index is 2470. The SMILES string of the molecule is CC[C@H]1OC(=O)[C@H](C)[C@@H](O[C@H]2C[C@@](C)(OC)[C@@H](O)[C@H](C)O2)[C@H](C)[C@@H](O[C@@H]2O[C@H](C)C[C@H](N(C)CCc3cn(C[C@H]4CN(c5ccc(S(=O)(=O)/N=C/N(C)C)cc5)C(=O)O4)nn3)[C@H]2O)[C@](C)(O)C[C@@H](C)CN(C)[C@H](C)[C@@H](O)[C@]1(C)O. The minimum absolute atomic E-state index is 0.0184. The van der Waals surface area contributed by atoms with Crippen molar-refractivity contribution in [2.45, 2.75) is 209 Å². The van der Waals surface area contributed by atoms with Gasteiger partial charge in [-0.05, 0) is 112 Å². The van der Waals surface area contributed by atoms with Gasteiger partial charge in [0.25, 0.3) is 10.0 Å². The number of carbonyl (C=O) groups is 2. The lowest BCUT2D eigenvalue weighted by Crippen LogP contribution is -2.61. The van der Waals surface area contributed by atoms with Gasteiger partial charge in [-0.3, -0.25) is 9.69 Å². The van der Waals surface area contributed by atoms with Gasteiger partial charge in [-0.25, -0.2) is 9.48 Å². The summed E-state index contributed by atoms with van der Waals surface area (Å²) in [5.74, 6) is -2.91. The minimum Gasteiger partial charge on any atom is -0.459 e. The van der Waals surface area contributed by atoms with Gasteiger partial charge in [0, 0.05) is 77.0 Å². The van der Waals surface area contributed by atoms with Crippen molar-refractivity contribution >= 4 is 34.1 Å². The molecule has 0 spiro atoms. The Morgan fingerprint density at radius 3 is 2.23 bits per heavy atom. The number of nitrogens with zero attached hydrogens (tertiary/aromatic N) is 8. The van der Waals surface area contributed by atoms with Crippen molar-refractivity contribution in [1.82, 2.24) is 29.7 Å². The van der Waals surface area contributed by atoms with Crippen LogP contribution in [0.3, 0.4) is 0 Å². The number of sulfonamides is 1. The molecule has 1 aromatic heterocycles. The number of benzene rings is 1. The second kappa shape index (κ2) is 26.1. The van der Waals surface area contributed by atoms with Crippen molar-refractivity contribution in [2.75, 3.05) is 59.8 Å². The molecular weight excluding hydrogens is 1050 g/mol. The number of amides is 1. The van der Waals surface area contributed by atoms with E-state index in [0.717, 1.165) is 0 Å². The fraction of sp³-hybridized carbons (Fsp3) is 0.796. The van der Waals surface area contributed by atoms with Crippen molar-refractivity contribution in [1.29, 1.82) is 0 Å². The van der Waals surface area contributed by atoms with Crippen LogP contribution < -0.4 is 4.90 Å². The van der Waals surface area contributed by atoms with E-state index in [4.69, 9.17) is 33.2 Å². The van der Waals surface area contributed by atoms with Crippen LogP contribution in [0.4, 0.5) is 10.5 Å². The largest absolute Gasteiger partial charge is 0.459 e. The fourth-order valence-electron chi connectivity index (χ4n) is 11.7. The van der Waals surface area contributed by atoms with Gasteiger partial charge < -0.3 is 73.4 Å².